The van der Waals surface area contributed by atoms with Crippen LogP contribution < -0.4 is 0 Å². The Kier molecular flexibility index (Phi) is 4.00. The topological polar surface area (TPSA) is 15.7 Å². The first-order valence-electron chi connectivity index (χ1n) is 6.29. The second kappa shape index (κ2) is 5.28. The normalized spacial score (nSPS) is 31.2. The smallest absolute Gasteiger partial charge is 0.0670 e. The number of hydrogen-bond donors (Lipinski definition) is 0. The molecule has 2 fully saturated rings. The van der Waals surface area contributed by atoms with Gasteiger partial charge in [0.15, 0.2) is 0 Å². The number of piperazine rings is 1. The Labute approximate surface area is 93.4 Å². The van der Waals surface area contributed by atoms with Gasteiger partial charge in [-0.15, -0.1) is 0 Å². The van der Waals surface area contributed by atoms with Crippen molar-refractivity contribution in [3.8, 4) is 0 Å². The predicted octanol–water partition coefficient (Wildman–Crippen LogP) is 1.19. The molecule has 0 bridgehead atoms. The third-order valence-electron chi connectivity index (χ3n) is 3.84. The number of fused-ring (bicyclic) bond motifs is 1. The van der Waals surface area contributed by atoms with E-state index in [1.54, 1.807) is 0 Å². The summed E-state index contributed by atoms with van der Waals surface area (Å²) in [4.78, 5) is 5.25. The van der Waals surface area contributed by atoms with Crippen molar-refractivity contribution in [1.82, 2.24) is 9.80 Å². The molecule has 2 atom stereocenters. The molecule has 0 spiro atoms. The van der Waals surface area contributed by atoms with Gasteiger partial charge in [-0.3, -0.25) is 9.80 Å². The van der Waals surface area contributed by atoms with Gasteiger partial charge in [0.2, 0.25) is 0 Å². The minimum Gasteiger partial charge on any atom is -0.380 e. The van der Waals surface area contributed by atoms with Gasteiger partial charge in [-0.25, -0.2) is 0 Å². The molecule has 2 heterocycles. The monoisotopic (exact) mass is 212 g/mol. The molecule has 88 valence electrons. The Morgan fingerprint density at radius 3 is 2.93 bits per heavy atom. The highest BCUT2D eigenvalue weighted by Gasteiger charge is 2.29. The molecule has 0 aromatic heterocycles. The SMILES string of the molecule is COC(C)CN1CCN2CCCCC2C1. The molecule has 2 rings (SSSR count). The lowest BCUT2D eigenvalue weighted by atomic mass is 9.99. The van der Waals surface area contributed by atoms with Crippen molar-refractivity contribution >= 4 is 0 Å². The number of nitrogens with zero attached hydrogens (tertiary/aromatic N) is 2. The molecule has 3 nitrogen and oxygen atoms in total. The minimum atomic E-state index is 0.375. The van der Waals surface area contributed by atoms with Crippen LogP contribution in [-0.4, -0.2) is 61.8 Å². The largest absolute Gasteiger partial charge is 0.380 e. The maximum absolute atomic E-state index is 5.33. The number of hydrogen-bond acceptors (Lipinski definition) is 3. The average Bonchev–Trinajstić information content (AvgIpc) is 2.29. The lowest BCUT2D eigenvalue weighted by Gasteiger charge is -2.44. The molecule has 2 aliphatic heterocycles. The second-order valence-electron chi connectivity index (χ2n) is 4.99. The molecule has 0 amide bonds. The van der Waals surface area contributed by atoms with Gasteiger partial charge in [-0.05, 0) is 26.3 Å². The molecular weight excluding hydrogens is 188 g/mol. The van der Waals surface area contributed by atoms with E-state index >= 15 is 0 Å². The third-order valence-corrected chi connectivity index (χ3v) is 3.84. The standard InChI is InChI=1S/C12H24N2O/c1-11(15-2)9-13-7-8-14-6-4-3-5-12(14)10-13/h11-12H,3-10H2,1-2H3. The first kappa shape index (κ1) is 11.4. The number of ether oxygens (including phenoxy) is 1. The van der Waals surface area contributed by atoms with Gasteiger partial charge < -0.3 is 4.74 Å². The van der Waals surface area contributed by atoms with Crippen LogP contribution in [-0.2, 0) is 4.74 Å². The van der Waals surface area contributed by atoms with E-state index in [1.165, 1.54) is 45.4 Å². The summed E-state index contributed by atoms with van der Waals surface area (Å²) in [5.74, 6) is 0. The number of piperidine rings is 1. The molecule has 0 aromatic rings. The maximum Gasteiger partial charge on any atom is 0.0670 e. The van der Waals surface area contributed by atoms with Gasteiger partial charge in [0.1, 0.15) is 0 Å². The average molecular weight is 212 g/mol. The summed E-state index contributed by atoms with van der Waals surface area (Å²) in [5, 5.41) is 0. The summed E-state index contributed by atoms with van der Waals surface area (Å²) >= 11 is 0. The molecule has 0 N–H and O–H groups in total. The predicted molar refractivity (Wildman–Crippen MR) is 62.1 cm³/mol. The van der Waals surface area contributed by atoms with Crippen LogP contribution in [0.2, 0.25) is 0 Å². The molecule has 0 aliphatic carbocycles. The molecular formula is C12H24N2O. The lowest BCUT2D eigenvalue weighted by Crippen LogP contribution is -2.55. The summed E-state index contributed by atoms with van der Waals surface area (Å²) in [7, 11) is 1.81. The van der Waals surface area contributed by atoms with Gasteiger partial charge in [0.05, 0.1) is 6.10 Å². The third kappa shape index (κ3) is 2.92. The summed E-state index contributed by atoms with van der Waals surface area (Å²) in [6.45, 7) is 8.34. The molecule has 0 radical (unpaired) electrons. The maximum atomic E-state index is 5.33. The Balaban J connectivity index is 1.80. The Hall–Kier alpha value is -0.120. The molecule has 3 heteroatoms. The zero-order valence-electron chi connectivity index (χ0n) is 10.1. The van der Waals surface area contributed by atoms with E-state index in [1.807, 2.05) is 7.11 Å². The number of methoxy groups -OCH3 is 1. The van der Waals surface area contributed by atoms with Crippen LogP contribution in [0.15, 0.2) is 0 Å². The van der Waals surface area contributed by atoms with E-state index < -0.39 is 0 Å². The highest BCUT2D eigenvalue weighted by molar-refractivity contribution is 4.85. The van der Waals surface area contributed by atoms with E-state index in [-0.39, 0.29) is 0 Å². The van der Waals surface area contributed by atoms with E-state index in [0.717, 1.165) is 12.6 Å². The summed E-state index contributed by atoms with van der Waals surface area (Å²) in [6.07, 6.45) is 4.61. The Bertz CT molecular complexity index is 198. The van der Waals surface area contributed by atoms with Gasteiger partial charge >= 0.3 is 0 Å². The molecule has 0 aromatic carbocycles. The molecule has 2 saturated heterocycles. The molecule has 15 heavy (non-hydrogen) atoms. The van der Waals surface area contributed by atoms with Crippen molar-refractivity contribution in [2.75, 3.05) is 39.8 Å². The van der Waals surface area contributed by atoms with Gasteiger partial charge in [0, 0.05) is 39.3 Å². The van der Waals surface area contributed by atoms with E-state index in [0.29, 0.717) is 6.10 Å². The van der Waals surface area contributed by atoms with Crippen LogP contribution in [0.3, 0.4) is 0 Å². The molecule has 0 saturated carbocycles. The minimum absolute atomic E-state index is 0.375. The van der Waals surface area contributed by atoms with Crippen molar-refractivity contribution in [3.05, 3.63) is 0 Å². The highest BCUT2D eigenvalue weighted by atomic mass is 16.5. The van der Waals surface area contributed by atoms with Gasteiger partial charge in [-0.2, -0.15) is 0 Å². The van der Waals surface area contributed by atoms with Gasteiger partial charge in [-0.1, -0.05) is 6.42 Å². The quantitative estimate of drug-likeness (QED) is 0.699. The molecule has 2 aliphatic rings. The summed E-state index contributed by atoms with van der Waals surface area (Å²) < 4.78 is 5.33. The van der Waals surface area contributed by atoms with Crippen LogP contribution in [0.25, 0.3) is 0 Å². The van der Waals surface area contributed by atoms with Crippen molar-refractivity contribution < 1.29 is 4.74 Å². The Morgan fingerprint density at radius 2 is 2.13 bits per heavy atom. The fourth-order valence-electron chi connectivity index (χ4n) is 2.82. The van der Waals surface area contributed by atoms with E-state index in [2.05, 4.69) is 16.7 Å². The van der Waals surface area contributed by atoms with Crippen molar-refractivity contribution in [2.24, 2.45) is 0 Å². The summed E-state index contributed by atoms with van der Waals surface area (Å²) in [6, 6.07) is 0.830. The van der Waals surface area contributed by atoms with Crippen molar-refractivity contribution in [1.29, 1.82) is 0 Å². The second-order valence-corrected chi connectivity index (χ2v) is 4.99. The fraction of sp³-hybridized carbons (Fsp3) is 1.00. The van der Waals surface area contributed by atoms with Crippen LogP contribution in [0.4, 0.5) is 0 Å². The first-order chi connectivity index (χ1) is 7.29. The van der Waals surface area contributed by atoms with E-state index in [9.17, 15) is 0 Å². The van der Waals surface area contributed by atoms with Crippen LogP contribution in [0.5, 0.6) is 0 Å². The van der Waals surface area contributed by atoms with Gasteiger partial charge in [0.25, 0.3) is 0 Å². The Morgan fingerprint density at radius 1 is 1.27 bits per heavy atom. The van der Waals surface area contributed by atoms with Crippen molar-refractivity contribution in [2.45, 2.75) is 38.3 Å². The zero-order valence-corrected chi connectivity index (χ0v) is 10.1. The summed E-state index contributed by atoms with van der Waals surface area (Å²) in [5.41, 5.74) is 0. The first-order valence-corrected chi connectivity index (χ1v) is 6.29. The van der Waals surface area contributed by atoms with Crippen LogP contribution in [0.1, 0.15) is 26.2 Å². The van der Waals surface area contributed by atoms with E-state index in [4.69, 9.17) is 4.74 Å². The lowest BCUT2D eigenvalue weighted by molar-refractivity contribution is 0.0156. The van der Waals surface area contributed by atoms with Crippen LogP contribution in [0, 0.1) is 0 Å². The fourth-order valence-corrected chi connectivity index (χ4v) is 2.82. The molecule has 2 unspecified atom stereocenters. The van der Waals surface area contributed by atoms with Crippen LogP contribution >= 0.6 is 0 Å². The van der Waals surface area contributed by atoms with Crippen molar-refractivity contribution in [3.63, 3.8) is 0 Å². The highest BCUT2D eigenvalue weighted by Crippen LogP contribution is 2.21. The zero-order chi connectivity index (χ0) is 10.7. The number of rotatable bonds is 3.